The van der Waals surface area contributed by atoms with Crippen LogP contribution in [-0.4, -0.2) is 27.4 Å². The third kappa shape index (κ3) is 2.58. The zero-order valence-corrected chi connectivity index (χ0v) is 13.0. The fraction of sp³-hybridized carbons (Fsp3) is 0.533. The molecule has 0 spiro atoms. The Kier molecular flexibility index (Phi) is 3.75. The van der Waals surface area contributed by atoms with E-state index in [1.807, 2.05) is 6.92 Å². The summed E-state index contributed by atoms with van der Waals surface area (Å²) in [6.07, 6.45) is 3.82. The second-order valence-corrected chi connectivity index (χ2v) is 7.43. The van der Waals surface area contributed by atoms with Crippen molar-refractivity contribution in [3.63, 3.8) is 0 Å². The number of amides is 1. The predicted octanol–water partition coefficient (Wildman–Crippen LogP) is 1.60. The number of rotatable bonds is 5. The monoisotopic (exact) mass is 308 g/mol. The Bertz CT molecular complexity index is 682. The van der Waals surface area contributed by atoms with Crippen LogP contribution in [0.2, 0.25) is 0 Å². The van der Waals surface area contributed by atoms with Crippen LogP contribution >= 0.6 is 0 Å². The molecule has 0 bridgehead atoms. The SMILES string of the molecule is CCCCNS(=O)(=O)c1cc2c3c(c1)CC(=O)N3CCC2. The molecule has 0 atom stereocenters. The molecule has 0 saturated carbocycles. The molecule has 114 valence electrons. The average Bonchev–Trinajstić information content (AvgIpc) is 2.77. The second-order valence-electron chi connectivity index (χ2n) is 5.67. The van der Waals surface area contributed by atoms with E-state index in [2.05, 4.69) is 4.72 Å². The Hall–Kier alpha value is -1.40. The topological polar surface area (TPSA) is 66.5 Å². The van der Waals surface area contributed by atoms with E-state index in [1.165, 1.54) is 0 Å². The van der Waals surface area contributed by atoms with Gasteiger partial charge in [-0.05, 0) is 42.5 Å². The smallest absolute Gasteiger partial charge is 0.240 e. The van der Waals surface area contributed by atoms with Crippen molar-refractivity contribution in [3.05, 3.63) is 23.3 Å². The van der Waals surface area contributed by atoms with Gasteiger partial charge in [-0.2, -0.15) is 0 Å². The van der Waals surface area contributed by atoms with E-state index in [0.29, 0.717) is 17.9 Å². The first-order chi connectivity index (χ1) is 10.0. The molecule has 1 amide bonds. The Balaban J connectivity index is 1.96. The molecule has 0 fully saturated rings. The van der Waals surface area contributed by atoms with Crippen molar-refractivity contribution in [1.82, 2.24) is 4.72 Å². The molecule has 0 radical (unpaired) electrons. The van der Waals surface area contributed by atoms with E-state index in [1.54, 1.807) is 17.0 Å². The van der Waals surface area contributed by atoms with Crippen molar-refractivity contribution in [2.75, 3.05) is 18.0 Å². The lowest BCUT2D eigenvalue weighted by Gasteiger charge is -2.26. The molecule has 2 aliphatic heterocycles. The summed E-state index contributed by atoms with van der Waals surface area (Å²) in [5.74, 6) is 0.0828. The predicted molar refractivity (Wildman–Crippen MR) is 80.9 cm³/mol. The first-order valence-corrected chi connectivity index (χ1v) is 8.97. The van der Waals surface area contributed by atoms with E-state index >= 15 is 0 Å². The standard InChI is InChI=1S/C15H20N2O3S/c1-2-3-6-16-21(19,20)13-8-11-5-4-7-17-14(18)10-12(9-13)15(11)17/h8-9,16H,2-7,10H2,1H3. The molecule has 1 N–H and O–H groups in total. The van der Waals surface area contributed by atoms with Crippen LogP contribution < -0.4 is 9.62 Å². The molecule has 5 nitrogen and oxygen atoms in total. The minimum atomic E-state index is -3.48. The maximum Gasteiger partial charge on any atom is 0.240 e. The van der Waals surface area contributed by atoms with Gasteiger partial charge in [-0.1, -0.05) is 13.3 Å². The summed E-state index contributed by atoms with van der Waals surface area (Å²) in [5, 5.41) is 0. The number of hydrogen-bond acceptors (Lipinski definition) is 3. The minimum absolute atomic E-state index is 0.0828. The first-order valence-electron chi connectivity index (χ1n) is 7.49. The lowest BCUT2D eigenvalue weighted by molar-refractivity contribution is -0.117. The summed E-state index contributed by atoms with van der Waals surface area (Å²) >= 11 is 0. The molecular formula is C15H20N2O3S. The molecule has 0 aromatic heterocycles. The number of hydrogen-bond donors (Lipinski definition) is 1. The van der Waals surface area contributed by atoms with E-state index in [4.69, 9.17) is 0 Å². The van der Waals surface area contributed by atoms with Gasteiger partial charge in [0, 0.05) is 13.1 Å². The van der Waals surface area contributed by atoms with Crippen molar-refractivity contribution >= 4 is 21.6 Å². The van der Waals surface area contributed by atoms with Crippen molar-refractivity contribution in [3.8, 4) is 0 Å². The molecule has 0 aliphatic carbocycles. The Morgan fingerprint density at radius 3 is 2.81 bits per heavy atom. The molecule has 1 aromatic carbocycles. The van der Waals surface area contributed by atoms with Crippen LogP contribution in [0.3, 0.4) is 0 Å². The summed E-state index contributed by atoms with van der Waals surface area (Å²) < 4.78 is 27.3. The number of benzene rings is 1. The van der Waals surface area contributed by atoms with E-state index in [0.717, 1.165) is 49.0 Å². The Morgan fingerprint density at radius 1 is 1.29 bits per heavy atom. The van der Waals surface area contributed by atoms with Crippen LogP contribution in [0, 0.1) is 0 Å². The first kappa shape index (κ1) is 14.5. The summed E-state index contributed by atoms with van der Waals surface area (Å²) in [7, 11) is -3.48. The number of carbonyl (C=O) groups is 1. The van der Waals surface area contributed by atoms with E-state index in [9.17, 15) is 13.2 Å². The largest absolute Gasteiger partial charge is 0.312 e. The van der Waals surface area contributed by atoms with Gasteiger partial charge in [-0.3, -0.25) is 4.79 Å². The normalized spacial score (nSPS) is 17.2. The highest BCUT2D eigenvalue weighted by molar-refractivity contribution is 7.89. The molecular weight excluding hydrogens is 288 g/mol. The van der Waals surface area contributed by atoms with Crippen LogP contribution in [-0.2, 0) is 27.7 Å². The maximum absolute atomic E-state index is 12.3. The third-order valence-corrected chi connectivity index (χ3v) is 5.55. The fourth-order valence-corrected chi connectivity index (χ4v) is 4.24. The molecule has 2 aliphatic rings. The molecule has 6 heteroatoms. The van der Waals surface area contributed by atoms with Gasteiger partial charge in [0.15, 0.2) is 0 Å². The van der Waals surface area contributed by atoms with Crippen molar-refractivity contribution < 1.29 is 13.2 Å². The van der Waals surface area contributed by atoms with Gasteiger partial charge in [-0.15, -0.1) is 0 Å². The Labute approximate surface area is 125 Å². The summed E-state index contributed by atoms with van der Waals surface area (Å²) in [5.41, 5.74) is 2.80. The summed E-state index contributed by atoms with van der Waals surface area (Å²) in [6.45, 7) is 3.23. The quantitative estimate of drug-likeness (QED) is 0.840. The summed E-state index contributed by atoms with van der Waals surface area (Å²) in [4.78, 5) is 14.1. The highest BCUT2D eigenvalue weighted by atomic mass is 32.2. The Morgan fingerprint density at radius 2 is 2.05 bits per heavy atom. The number of sulfonamides is 1. The number of anilines is 1. The van der Waals surface area contributed by atoms with Gasteiger partial charge in [-0.25, -0.2) is 13.1 Å². The van der Waals surface area contributed by atoms with Crippen LogP contribution in [0.25, 0.3) is 0 Å². The number of carbonyl (C=O) groups excluding carboxylic acids is 1. The van der Waals surface area contributed by atoms with Crippen LogP contribution in [0.4, 0.5) is 5.69 Å². The zero-order chi connectivity index (χ0) is 15.0. The highest BCUT2D eigenvalue weighted by Gasteiger charge is 2.33. The number of aryl methyl sites for hydroxylation is 1. The third-order valence-electron chi connectivity index (χ3n) is 4.11. The fourth-order valence-electron chi connectivity index (χ4n) is 3.07. The van der Waals surface area contributed by atoms with E-state index in [-0.39, 0.29) is 5.91 Å². The molecule has 0 unspecified atom stereocenters. The average molecular weight is 308 g/mol. The van der Waals surface area contributed by atoms with Crippen molar-refractivity contribution in [2.45, 2.75) is 43.9 Å². The number of nitrogens with zero attached hydrogens (tertiary/aromatic N) is 1. The van der Waals surface area contributed by atoms with Crippen molar-refractivity contribution in [2.24, 2.45) is 0 Å². The summed E-state index contributed by atoms with van der Waals surface area (Å²) in [6, 6.07) is 3.40. The number of unbranched alkanes of at least 4 members (excludes halogenated alkanes) is 1. The minimum Gasteiger partial charge on any atom is -0.312 e. The van der Waals surface area contributed by atoms with Crippen LogP contribution in [0.1, 0.15) is 37.3 Å². The van der Waals surface area contributed by atoms with Crippen molar-refractivity contribution in [1.29, 1.82) is 0 Å². The molecule has 3 rings (SSSR count). The lowest BCUT2D eigenvalue weighted by atomic mass is 10.0. The zero-order valence-electron chi connectivity index (χ0n) is 12.2. The molecule has 1 aromatic rings. The maximum atomic E-state index is 12.3. The van der Waals surface area contributed by atoms with Gasteiger partial charge >= 0.3 is 0 Å². The molecule has 0 saturated heterocycles. The van der Waals surface area contributed by atoms with E-state index < -0.39 is 10.0 Å². The van der Waals surface area contributed by atoms with Gasteiger partial charge in [0.1, 0.15) is 0 Å². The van der Waals surface area contributed by atoms with Crippen LogP contribution in [0.15, 0.2) is 17.0 Å². The lowest BCUT2D eigenvalue weighted by Crippen LogP contribution is -2.31. The van der Waals surface area contributed by atoms with Crippen LogP contribution in [0.5, 0.6) is 0 Å². The van der Waals surface area contributed by atoms with Gasteiger partial charge in [0.05, 0.1) is 17.0 Å². The van der Waals surface area contributed by atoms with Gasteiger partial charge in [0.25, 0.3) is 0 Å². The molecule has 2 heterocycles. The molecule has 21 heavy (non-hydrogen) atoms. The van der Waals surface area contributed by atoms with Gasteiger partial charge < -0.3 is 4.90 Å². The van der Waals surface area contributed by atoms with Gasteiger partial charge in [0.2, 0.25) is 15.9 Å². The second kappa shape index (κ2) is 5.42. The highest BCUT2D eigenvalue weighted by Crippen LogP contribution is 2.38. The number of nitrogens with one attached hydrogen (secondary N) is 1.